The van der Waals surface area contributed by atoms with Crippen molar-refractivity contribution in [3.63, 3.8) is 0 Å². The number of ether oxygens (including phenoxy) is 1. The Morgan fingerprint density at radius 1 is 1.32 bits per heavy atom. The van der Waals surface area contributed by atoms with Crippen molar-refractivity contribution in [2.45, 2.75) is 24.5 Å². The largest absolute Gasteiger partial charge is 0.469 e. The fraction of sp³-hybridized carbons (Fsp3) is 0.583. The van der Waals surface area contributed by atoms with Crippen LogP contribution >= 0.6 is 7.82 Å². The summed E-state index contributed by atoms with van der Waals surface area (Å²) in [7, 11) is -1.47. The average Bonchev–Trinajstić information content (AvgIpc) is 3.00. The SMILES string of the molecule is Cn1c[n+]([C@@H]2O[C@H](COP(=O)(O)O)[C@@H](O)[C@H]2O)c2c1c(=O)ncn2C. The van der Waals surface area contributed by atoms with Crippen molar-refractivity contribution < 1.29 is 38.4 Å². The second-order valence-corrected chi connectivity index (χ2v) is 7.04. The Bertz CT molecular complexity index is 904. The Kier molecular flexibility index (Phi) is 4.54. The molecule has 12 nitrogen and oxygen atoms in total. The maximum Gasteiger partial charge on any atom is 0.469 e. The monoisotopic (exact) mass is 377 g/mol. The minimum absolute atomic E-state index is 0.269. The Morgan fingerprint density at radius 3 is 2.64 bits per heavy atom. The number of rotatable bonds is 4. The maximum atomic E-state index is 12.0. The van der Waals surface area contributed by atoms with E-state index in [1.165, 1.54) is 21.8 Å². The minimum atomic E-state index is -4.74. The highest BCUT2D eigenvalue weighted by Crippen LogP contribution is 2.37. The third-order valence-electron chi connectivity index (χ3n) is 4.01. The highest BCUT2D eigenvalue weighted by Gasteiger charge is 2.47. The number of aliphatic hydroxyl groups is 2. The highest BCUT2D eigenvalue weighted by atomic mass is 31.2. The van der Waals surface area contributed by atoms with Crippen molar-refractivity contribution in [1.29, 1.82) is 0 Å². The van der Waals surface area contributed by atoms with Gasteiger partial charge in [-0.3, -0.25) is 13.9 Å². The number of phosphoric ester groups is 1. The fourth-order valence-electron chi connectivity index (χ4n) is 2.88. The Balaban J connectivity index is 1.98. The first-order chi connectivity index (χ1) is 11.6. The predicted octanol–water partition coefficient (Wildman–Crippen LogP) is -2.71. The van der Waals surface area contributed by atoms with Gasteiger partial charge < -0.3 is 24.7 Å². The summed E-state index contributed by atoms with van der Waals surface area (Å²) in [6.45, 7) is -0.606. The topological polar surface area (TPSA) is 160 Å². The van der Waals surface area contributed by atoms with Gasteiger partial charge in [-0.25, -0.2) is 13.7 Å². The van der Waals surface area contributed by atoms with Crippen molar-refractivity contribution in [1.82, 2.24) is 14.1 Å². The van der Waals surface area contributed by atoms with Crippen molar-refractivity contribution >= 4 is 19.0 Å². The van der Waals surface area contributed by atoms with E-state index >= 15 is 0 Å². The number of aliphatic hydroxyl groups excluding tert-OH is 2. The summed E-state index contributed by atoms with van der Waals surface area (Å²) in [6.07, 6.45) is -2.26. The summed E-state index contributed by atoms with van der Waals surface area (Å²) in [4.78, 5) is 33.2. The molecule has 2 aromatic rings. The maximum absolute atomic E-state index is 12.0. The van der Waals surface area contributed by atoms with Crippen LogP contribution in [0.2, 0.25) is 0 Å². The molecule has 3 rings (SSSR count). The molecule has 0 bridgehead atoms. The molecule has 2 aromatic heterocycles. The standard InChI is InChI=1S/C12H17N4O8P/c1-14-4-13-10(19)7-11(14)16(5-15(7)2)12-9(18)8(17)6(24-12)3-23-25(20,21)22/h4-6,8-9,12,17-18H,3H2,1-2H3,(H-,20,21,22)/p+1/t6-,8-,9-,12-/m1/s1. The van der Waals surface area contributed by atoms with Gasteiger partial charge in [-0.15, -0.1) is 0 Å². The van der Waals surface area contributed by atoms with Crippen LogP contribution < -0.4 is 10.1 Å². The van der Waals surface area contributed by atoms with E-state index in [0.29, 0.717) is 5.65 Å². The zero-order valence-corrected chi connectivity index (χ0v) is 14.2. The first kappa shape index (κ1) is 18.1. The van der Waals surface area contributed by atoms with Crippen LogP contribution in [0.5, 0.6) is 0 Å². The molecule has 25 heavy (non-hydrogen) atoms. The van der Waals surface area contributed by atoms with E-state index < -0.39 is 44.5 Å². The molecule has 4 atom stereocenters. The van der Waals surface area contributed by atoms with Gasteiger partial charge in [0.15, 0.2) is 12.7 Å². The van der Waals surface area contributed by atoms with Crippen LogP contribution in [-0.4, -0.2) is 59.0 Å². The normalized spacial score (nSPS) is 27.3. The quantitative estimate of drug-likeness (QED) is 0.328. The molecule has 1 fully saturated rings. The number of nitrogens with zero attached hydrogens (tertiary/aromatic N) is 4. The summed E-state index contributed by atoms with van der Waals surface area (Å²) in [5.74, 6) is 0. The summed E-state index contributed by atoms with van der Waals surface area (Å²) in [5.41, 5.74) is 0.198. The molecule has 0 unspecified atom stereocenters. The van der Waals surface area contributed by atoms with Crippen LogP contribution in [0.3, 0.4) is 0 Å². The molecule has 13 heteroatoms. The number of hydrogen-bond donors (Lipinski definition) is 4. The van der Waals surface area contributed by atoms with Gasteiger partial charge in [0.1, 0.15) is 18.3 Å². The molecule has 4 N–H and O–H groups in total. The van der Waals surface area contributed by atoms with Crippen molar-refractivity contribution in [2.75, 3.05) is 6.61 Å². The van der Waals surface area contributed by atoms with E-state index in [1.807, 2.05) is 0 Å². The molecule has 0 aliphatic carbocycles. The average molecular weight is 377 g/mol. The Morgan fingerprint density at radius 2 is 2.00 bits per heavy atom. The lowest BCUT2D eigenvalue weighted by atomic mass is 10.1. The van der Waals surface area contributed by atoms with Gasteiger partial charge in [0, 0.05) is 0 Å². The smallest absolute Gasteiger partial charge is 0.387 e. The van der Waals surface area contributed by atoms with Gasteiger partial charge in [0.05, 0.1) is 20.7 Å². The third-order valence-corrected chi connectivity index (χ3v) is 4.50. The molecule has 3 heterocycles. The molecular formula is C12H18N4O8P+. The lowest BCUT2D eigenvalue weighted by Gasteiger charge is -2.14. The van der Waals surface area contributed by atoms with Gasteiger partial charge >= 0.3 is 13.4 Å². The van der Waals surface area contributed by atoms with Gasteiger partial charge in [0.2, 0.25) is 11.7 Å². The van der Waals surface area contributed by atoms with Crippen LogP contribution in [-0.2, 0) is 27.9 Å². The van der Waals surface area contributed by atoms with Crippen LogP contribution in [0.1, 0.15) is 6.23 Å². The Hall–Kier alpha value is -1.66. The Labute approximate surface area is 140 Å². The second-order valence-electron chi connectivity index (χ2n) is 5.80. The van der Waals surface area contributed by atoms with Crippen molar-refractivity contribution in [3.8, 4) is 0 Å². The summed E-state index contributed by atoms with van der Waals surface area (Å²) >= 11 is 0. The van der Waals surface area contributed by atoms with E-state index in [1.54, 1.807) is 18.7 Å². The highest BCUT2D eigenvalue weighted by molar-refractivity contribution is 7.46. The molecule has 1 saturated heterocycles. The molecule has 0 amide bonds. The lowest BCUT2D eigenvalue weighted by molar-refractivity contribution is -0.746. The van der Waals surface area contributed by atoms with Crippen LogP contribution in [0, 0.1) is 0 Å². The zero-order chi connectivity index (χ0) is 18.5. The first-order valence-corrected chi connectivity index (χ1v) is 8.76. The van der Waals surface area contributed by atoms with E-state index in [0.717, 1.165) is 0 Å². The second kappa shape index (κ2) is 6.25. The van der Waals surface area contributed by atoms with Gasteiger partial charge in [-0.2, -0.15) is 4.98 Å². The van der Waals surface area contributed by atoms with E-state index in [4.69, 9.17) is 14.5 Å². The number of fused-ring (bicyclic) bond motifs is 1. The third kappa shape index (κ3) is 3.25. The number of phosphoric acid groups is 1. The van der Waals surface area contributed by atoms with Gasteiger partial charge in [-0.1, -0.05) is 0 Å². The molecular weight excluding hydrogens is 359 g/mol. The van der Waals surface area contributed by atoms with E-state index in [2.05, 4.69) is 9.51 Å². The van der Waals surface area contributed by atoms with Crippen LogP contribution in [0.25, 0.3) is 11.2 Å². The zero-order valence-electron chi connectivity index (χ0n) is 13.3. The molecule has 0 spiro atoms. The summed E-state index contributed by atoms with van der Waals surface area (Å²) in [5, 5.41) is 20.4. The minimum Gasteiger partial charge on any atom is -0.387 e. The molecule has 0 saturated carbocycles. The molecule has 1 aliphatic heterocycles. The molecule has 0 aromatic carbocycles. The first-order valence-electron chi connectivity index (χ1n) is 7.23. The van der Waals surface area contributed by atoms with Crippen LogP contribution in [0.4, 0.5) is 0 Å². The fourth-order valence-corrected chi connectivity index (χ4v) is 3.22. The summed E-state index contributed by atoms with van der Waals surface area (Å²) < 4.78 is 25.2. The number of imidazole rings is 1. The van der Waals surface area contributed by atoms with E-state index in [-0.39, 0.29) is 5.52 Å². The van der Waals surface area contributed by atoms with Crippen molar-refractivity contribution in [2.24, 2.45) is 14.1 Å². The van der Waals surface area contributed by atoms with E-state index in [9.17, 15) is 19.6 Å². The van der Waals surface area contributed by atoms with Crippen molar-refractivity contribution in [3.05, 3.63) is 23.0 Å². The number of hydrogen-bond acceptors (Lipinski definition) is 7. The van der Waals surface area contributed by atoms with Crippen LogP contribution in [0.15, 0.2) is 17.4 Å². The lowest BCUT2D eigenvalue weighted by Crippen LogP contribution is -2.46. The predicted molar refractivity (Wildman–Crippen MR) is 80.1 cm³/mol. The molecule has 1 aliphatic rings. The number of aryl methyl sites for hydroxylation is 2. The molecule has 138 valence electrons. The van der Waals surface area contributed by atoms with Gasteiger partial charge in [-0.05, 0) is 0 Å². The molecule has 0 radical (unpaired) electrons. The number of aromatic nitrogens is 4. The van der Waals surface area contributed by atoms with Gasteiger partial charge in [0.25, 0.3) is 5.65 Å². The summed E-state index contributed by atoms with van der Waals surface area (Å²) in [6, 6.07) is 0.